The molecule has 4 rings (SSSR count). The highest BCUT2D eigenvalue weighted by Gasteiger charge is 2.30. The molecule has 0 atom stereocenters. The number of rotatable bonds is 4. The summed E-state index contributed by atoms with van der Waals surface area (Å²) < 4.78 is 39.5. The SMILES string of the molecule is O=C(Nc1ccc(C(F)(F)F)cc1)C1CCN(c2ccc(-n3cccn3)nn2)CC1. The Kier molecular flexibility index (Phi) is 5.39. The molecule has 7 nitrogen and oxygen atoms in total. The second-order valence-electron chi connectivity index (χ2n) is 7.03. The quantitative estimate of drug-likeness (QED) is 0.704. The molecule has 1 aliphatic rings. The van der Waals surface area contributed by atoms with Gasteiger partial charge in [0.15, 0.2) is 11.6 Å². The summed E-state index contributed by atoms with van der Waals surface area (Å²) in [5.41, 5.74) is -0.385. The van der Waals surface area contributed by atoms with Gasteiger partial charge in [0.05, 0.1) is 5.56 Å². The molecule has 156 valence electrons. The Morgan fingerprint density at radius 3 is 2.23 bits per heavy atom. The molecule has 0 bridgehead atoms. The van der Waals surface area contributed by atoms with Gasteiger partial charge in [0.1, 0.15) is 0 Å². The lowest BCUT2D eigenvalue weighted by Gasteiger charge is -2.31. The summed E-state index contributed by atoms with van der Waals surface area (Å²) in [4.78, 5) is 14.5. The van der Waals surface area contributed by atoms with E-state index < -0.39 is 11.7 Å². The fourth-order valence-electron chi connectivity index (χ4n) is 3.37. The Morgan fingerprint density at radius 2 is 1.67 bits per heavy atom. The van der Waals surface area contributed by atoms with Crippen molar-refractivity contribution in [1.82, 2.24) is 20.0 Å². The zero-order chi connectivity index (χ0) is 21.1. The van der Waals surface area contributed by atoms with Crippen molar-refractivity contribution in [2.24, 2.45) is 5.92 Å². The third-order valence-corrected chi connectivity index (χ3v) is 5.05. The van der Waals surface area contributed by atoms with Crippen molar-refractivity contribution in [3.63, 3.8) is 0 Å². The van der Waals surface area contributed by atoms with Crippen LogP contribution in [-0.2, 0) is 11.0 Å². The maximum Gasteiger partial charge on any atom is 0.416 e. The number of amides is 1. The van der Waals surface area contributed by atoms with Crippen LogP contribution in [0.1, 0.15) is 18.4 Å². The number of aromatic nitrogens is 4. The average molecular weight is 416 g/mol. The van der Waals surface area contributed by atoms with Gasteiger partial charge in [0, 0.05) is 37.1 Å². The van der Waals surface area contributed by atoms with Gasteiger partial charge < -0.3 is 10.2 Å². The van der Waals surface area contributed by atoms with Crippen LogP contribution in [0.4, 0.5) is 24.7 Å². The van der Waals surface area contributed by atoms with Crippen molar-refractivity contribution in [2.45, 2.75) is 19.0 Å². The third kappa shape index (κ3) is 4.42. The summed E-state index contributed by atoms with van der Waals surface area (Å²) in [6, 6.07) is 9.97. The van der Waals surface area contributed by atoms with Crippen LogP contribution < -0.4 is 10.2 Å². The summed E-state index contributed by atoms with van der Waals surface area (Å²) in [5, 5.41) is 15.2. The second kappa shape index (κ2) is 8.13. The van der Waals surface area contributed by atoms with Gasteiger partial charge in [-0.25, -0.2) is 4.68 Å². The smallest absolute Gasteiger partial charge is 0.355 e. The van der Waals surface area contributed by atoms with Crippen molar-refractivity contribution in [3.05, 3.63) is 60.4 Å². The van der Waals surface area contributed by atoms with Crippen LogP contribution in [0.25, 0.3) is 5.82 Å². The van der Waals surface area contributed by atoms with Crippen LogP contribution in [0.2, 0.25) is 0 Å². The molecule has 1 N–H and O–H groups in total. The molecule has 3 aromatic rings. The highest BCUT2D eigenvalue weighted by Crippen LogP contribution is 2.30. The van der Waals surface area contributed by atoms with Crippen LogP contribution in [0, 0.1) is 5.92 Å². The van der Waals surface area contributed by atoms with E-state index in [0.717, 1.165) is 18.0 Å². The lowest BCUT2D eigenvalue weighted by Crippen LogP contribution is -2.38. The molecule has 1 amide bonds. The summed E-state index contributed by atoms with van der Waals surface area (Å²) in [5.74, 6) is 0.955. The number of benzene rings is 1. The molecule has 10 heteroatoms. The monoisotopic (exact) mass is 416 g/mol. The first-order chi connectivity index (χ1) is 14.4. The van der Waals surface area contributed by atoms with Crippen molar-refractivity contribution in [3.8, 4) is 5.82 Å². The van der Waals surface area contributed by atoms with E-state index in [1.807, 2.05) is 12.1 Å². The van der Waals surface area contributed by atoms with Crippen molar-refractivity contribution in [2.75, 3.05) is 23.3 Å². The largest absolute Gasteiger partial charge is 0.416 e. The molecule has 0 spiro atoms. The first kappa shape index (κ1) is 19.9. The Balaban J connectivity index is 1.31. The number of nitrogens with zero attached hydrogens (tertiary/aromatic N) is 5. The van der Waals surface area contributed by atoms with Crippen LogP contribution in [0.3, 0.4) is 0 Å². The maximum atomic E-state index is 12.6. The number of carbonyl (C=O) groups is 1. The number of nitrogens with one attached hydrogen (secondary N) is 1. The van der Waals surface area contributed by atoms with Crippen LogP contribution in [0.5, 0.6) is 0 Å². The normalized spacial score (nSPS) is 15.2. The molecule has 2 aromatic heterocycles. The van der Waals surface area contributed by atoms with E-state index in [1.54, 1.807) is 23.1 Å². The Labute approximate surface area is 170 Å². The summed E-state index contributed by atoms with van der Waals surface area (Å²) >= 11 is 0. The highest BCUT2D eigenvalue weighted by atomic mass is 19.4. The van der Waals surface area contributed by atoms with Gasteiger partial charge in [-0.05, 0) is 55.3 Å². The number of carbonyl (C=O) groups excluding carboxylic acids is 1. The molecule has 3 heterocycles. The molecular formula is C20H19F3N6O. The van der Waals surface area contributed by atoms with Crippen LogP contribution in [0.15, 0.2) is 54.9 Å². The minimum Gasteiger partial charge on any atom is -0.355 e. The number of alkyl halides is 3. The van der Waals surface area contributed by atoms with E-state index in [1.165, 1.54) is 12.1 Å². The number of piperidine rings is 1. The van der Waals surface area contributed by atoms with Gasteiger partial charge in [-0.1, -0.05) is 0 Å². The van der Waals surface area contributed by atoms with E-state index in [-0.39, 0.29) is 11.8 Å². The molecule has 0 unspecified atom stereocenters. The number of halogens is 3. The van der Waals surface area contributed by atoms with Crippen LogP contribution in [-0.4, -0.2) is 39.0 Å². The summed E-state index contributed by atoms with van der Waals surface area (Å²) in [6.07, 6.45) is 0.291. The van der Waals surface area contributed by atoms with Gasteiger partial charge >= 0.3 is 6.18 Å². The zero-order valence-corrected chi connectivity index (χ0v) is 15.9. The fraction of sp³-hybridized carbons (Fsp3) is 0.300. The van der Waals surface area contributed by atoms with E-state index >= 15 is 0 Å². The summed E-state index contributed by atoms with van der Waals surface area (Å²) in [7, 11) is 0. The Hall–Kier alpha value is -3.43. The Bertz CT molecular complexity index is 979. The zero-order valence-electron chi connectivity index (χ0n) is 15.9. The third-order valence-electron chi connectivity index (χ3n) is 5.05. The minimum absolute atomic E-state index is 0.186. The fourth-order valence-corrected chi connectivity index (χ4v) is 3.37. The molecule has 1 fully saturated rings. The maximum absolute atomic E-state index is 12.6. The predicted molar refractivity (Wildman–Crippen MR) is 104 cm³/mol. The minimum atomic E-state index is -4.39. The van der Waals surface area contributed by atoms with Crippen molar-refractivity contribution >= 4 is 17.4 Å². The topological polar surface area (TPSA) is 75.9 Å². The number of hydrogen-bond acceptors (Lipinski definition) is 5. The average Bonchev–Trinajstić information content (AvgIpc) is 3.29. The van der Waals surface area contributed by atoms with E-state index in [9.17, 15) is 18.0 Å². The number of anilines is 2. The standard InChI is InChI=1S/C20H19F3N6O/c21-20(22,23)15-2-4-16(5-3-15)25-19(30)14-8-12-28(13-9-14)17-6-7-18(27-26-17)29-11-1-10-24-29/h1-7,10-11,14H,8-9,12-13H2,(H,25,30). The molecule has 0 saturated carbocycles. The van der Waals surface area contributed by atoms with Crippen molar-refractivity contribution in [1.29, 1.82) is 0 Å². The molecule has 1 saturated heterocycles. The molecule has 1 aromatic carbocycles. The highest BCUT2D eigenvalue weighted by molar-refractivity contribution is 5.92. The second-order valence-corrected chi connectivity index (χ2v) is 7.03. The van der Waals surface area contributed by atoms with Crippen LogP contribution >= 0.6 is 0 Å². The van der Waals surface area contributed by atoms with E-state index in [0.29, 0.717) is 37.4 Å². The first-order valence-electron chi connectivity index (χ1n) is 9.47. The lowest BCUT2D eigenvalue weighted by molar-refractivity contribution is -0.137. The first-order valence-corrected chi connectivity index (χ1v) is 9.47. The van der Waals surface area contributed by atoms with Gasteiger partial charge in [0.25, 0.3) is 0 Å². The molecular weight excluding hydrogens is 397 g/mol. The summed E-state index contributed by atoms with van der Waals surface area (Å²) in [6.45, 7) is 1.28. The van der Waals surface area contributed by atoms with Gasteiger partial charge in [-0.15, -0.1) is 10.2 Å². The molecule has 0 aliphatic carbocycles. The number of hydrogen-bond donors (Lipinski definition) is 1. The molecule has 1 aliphatic heterocycles. The molecule has 0 radical (unpaired) electrons. The molecule has 30 heavy (non-hydrogen) atoms. The van der Waals surface area contributed by atoms with E-state index in [2.05, 4.69) is 25.5 Å². The van der Waals surface area contributed by atoms with Crippen molar-refractivity contribution < 1.29 is 18.0 Å². The predicted octanol–water partition coefficient (Wildman–Crippen LogP) is 3.54. The Morgan fingerprint density at radius 1 is 1.00 bits per heavy atom. The lowest BCUT2D eigenvalue weighted by atomic mass is 9.95. The van der Waals surface area contributed by atoms with Gasteiger partial charge in [0.2, 0.25) is 5.91 Å². The van der Waals surface area contributed by atoms with Gasteiger partial charge in [-0.2, -0.15) is 18.3 Å². The van der Waals surface area contributed by atoms with E-state index in [4.69, 9.17) is 0 Å². The van der Waals surface area contributed by atoms with Gasteiger partial charge in [-0.3, -0.25) is 4.79 Å².